The van der Waals surface area contributed by atoms with Gasteiger partial charge in [0.2, 0.25) is 5.91 Å². The molecule has 1 rings (SSSR count). The van der Waals surface area contributed by atoms with Gasteiger partial charge in [-0.2, -0.15) is 0 Å². The topological polar surface area (TPSA) is 114 Å². The Labute approximate surface area is 131 Å². The number of hydrogen-bond acceptors (Lipinski definition) is 6. The van der Waals surface area contributed by atoms with Gasteiger partial charge in [-0.25, -0.2) is 4.98 Å². The number of rotatable bonds is 9. The van der Waals surface area contributed by atoms with Crippen molar-refractivity contribution in [3.8, 4) is 0 Å². The van der Waals surface area contributed by atoms with Crippen LogP contribution in [0, 0.1) is 10.1 Å². The van der Waals surface area contributed by atoms with Gasteiger partial charge in [-0.1, -0.05) is 0 Å². The van der Waals surface area contributed by atoms with Crippen molar-refractivity contribution < 1.29 is 19.6 Å². The van der Waals surface area contributed by atoms with E-state index < -0.39 is 10.9 Å². The fourth-order valence-corrected chi connectivity index (χ4v) is 2.33. The number of aromatic nitrogens is 1. The third-order valence-corrected chi connectivity index (χ3v) is 3.83. The first kappa shape index (κ1) is 17.9. The molecule has 0 bridgehead atoms. The number of thioether (sulfide) groups is 1. The molecule has 0 fully saturated rings. The highest BCUT2D eigenvalue weighted by Crippen LogP contribution is 2.19. The molecule has 1 amide bonds. The van der Waals surface area contributed by atoms with Crippen LogP contribution in [0.5, 0.6) is 0 Å². The third kappa shape index (κ3) is 6.53. The van der Waals surface area contributed by atoms with Crippen LogP contribution in [-0.4, -0.2) is 51.1 Å². The fraction of sp³-hybridized carbons (Fsp3) is 0.462. The lowest BCUT2D eigenvalue weighted by molar-refractivity contribution is -0.385. The van der Waals surface area contributed by atoms with E-state index in [1.807, 2.05) is 0 Å². The summed E-state index contributed by atoms with van der Waals surface area (Å²) in [6.45, 7) is 0.200. The van der Waals surface area contributed by atoms with Gasteiger partial charge in [0.05, 0.1) is 16.4 Å². The molecule has 22 heavy (non-hydrogen) atoms. The van der Waals surface area contributed by atoms with Crippen LogP contribution < -0.4 is 0 Å². The Kier molecular flexibility index (Phi) is 7.30. The Balaban J connectivity index is 2.25. The highest BCUT2D eigenvalue weighted by Gasteiger charge is 2.10. The Hall–Kier alpha value is -2.16. The number of hydrogen-bond donors (Lipinski definition) is 1. The summed E-state index contributed by atoms with van der Waals surface area (Å²) in [5.41, 5.74) is -0.0559. The number of carboxylic acids is 1. The van der Waals surface area contributed by atoms with Crippen molar-refractivity contribution in [3.63, 3.8) is 0 Å². The van der Waals surface area contributed by atoms with Gasteiger partial charge in [0.25, 0.3) is 5.69 Å². The standard InChI is InChI=1S/C13H17N3O5S/c1-15(7-6-13(18)19)12(17)3-2-8-22-11-5-4-10(9-14-11)16(20)21/h4-5,9H,2-3,6-8H2,1H3,(H,18,19). The molecule has 0 saturated carbocycles. The summed E-state index contributed by atoms with van der Waals surface area (Å²) in [5.74, 6) is -0.374. The maximum Gasteiger partial charge on any atom is 0.305 e. The lowest BCUT2D eigenvalue weighted by atomic mass is 10.3. The van der Waals surface area contributed by atoms with Gasteiger partial charge in [-0.15, -0.1) is 11.8 Å². The molecule has 0 aliphatic heterocycles. The number of carboxylic acid groups (broad SMARTS) is 1. The van der Waals surface area contributed by atoms with Crippen LogP contribution in [-0.2, 0) is 9.59 Å². The summed E-state index contributed by atoms with van der Waals surface area (Å²) in [7, 11) is 1.58. The van der Waals surface area contributed by atoms with Gasteiger partial charge in [-0.05, 0) is 18.2 Å². The van der Waals surface area contributed by atoms with Crippen molar-refractivity contribution >= 4 is 29.3 Å². The second-order valence-corrected chi connectivity index (χ2v) is 5.64. The molecular formula is C13H17N3O5S. The van der Waals surface area contributed by atoms with E-state index in [-0.39, 0.29) is 24.6 Å². The maximum atomic E-state index is 11.7. The van der Waals surface area contributed by atoms with Gasteiger partial charge in [-0.3, -0.25) is 19.7 Å². The van der Waals surface area contributed by atoms with Crippen molar-refractivity contribution in [1.82, 2.24) is 9.88 Å². The highest BCUT2D eigenvalue weighted by atomic mass is 32.2. The van der Waals surface area contributed by atoms with Gasteiger partial charge in [0.15, 0.2) is 0 Å². The maximum absolute atomic E-state index is 11.7. The Bertz CT molecular complexity index is 535. The molecule has 0 saturated heterocycles. The lowest BCUT2D eigenvalue weighted by Crippen LogP contribution is -2.28. The Morgan fingerprint density at radius 2 is 2.14 bits per heavy atom. The van der Waals surface area contributed by atoms with Crippen LogP contribution in [0.1, 0.15) is 19.3 Å². The van der Waals surface area contributed by atoms with E-state index in [4.69, 9.17) is 5.11 Å². The molecular weight excluding hydrogens is 310 g/mol. The predicted octanol–water partition coefficient (Wildman–Crippen LogP) is 1.80. The second-order valence-electron chi connectivity index (χ2n) is 4.52. The number of nitrogens with zero attached hydrogens (tertiary/aromatic N) is 3. The summed E-state index contributed by atoms with van der Waals surface area (Å²) in [5, 5.41) is 19.7. The monoisotopic (exact) mass is 327 g/mol. The van der Waals surface area contributed by atoms with Crippen LogP contribution in [0.3, 0.4) is 0 Å². The number of aliphatic carboxylic acids is 1. The molecule has 0 spiro atoms. The van der Waals surface area contributed by atoms with Crippen LogP contribution >= 0.6 is 11.8 Å². The van der Waals surface area contributed by atoms with Crippen LogP contribution in [0.2, 0.25) is 0 Å². The Morgan fingerprint density at radius 3 is 2.68 bits per heavy atom. The van der Waals surface area contributed by atoms with Gasteiger partial charge < -0.3 is 10.0 Å². The molecule has 0 atom stereocenters. The smallest absolute Gasteiger partial charge is 0.305 e. The first-order chi connectivity index (χ1) is 10.4. The van der Waals surface area contributed by atoms with E-state index in [2.05, 4.69) is 4.98 Å². The second kappa shape index (κ2) is 8.98. The molecule has 9 heteroatoms. The molecule has 1 aromatic heterocycles. The number of amides is 1. The molecule has 0 radical (unpaired) electrons. The largest absolute Gasteiger partial charge is 0.481 e. The van der Waals surface area contributed by atoms with Crippen molar-refractivity contribution in [3.05, 3.63) is 28.4 Å². The molecule has 0 aromatic carbocycles. The van der Waals surface area contributed by atoms with Crippen molar-refractivity contribution in [2.45, 2.75) is 24.3 Å². The van der Waals surface area contributed by atoms with Crippen molar-refractivity contribution in [2.75, 3.05) is 19.3 Å². The number of nitro groups is 1. The molecule has 0 aliphatic carbocycles. The fourth-order valence-electron chi connectivity index (χ4n) is 1.54. The van der Waals surface area contributed by atoms with E-state index >= 15 is 0 Å². The summed E-state index contributed by atoms with van der Waals surface area (Å²) in [4.78, 5) is 37.5. The first-order valence-electron chi connectivity index (χ1n) is 6.59. The average molecular weight is 327 g/mol. The highest BCUT2D eigenvalue weighted by molar-refractivity contribution is 7.99. The lowest BCUT2D eigenvalue weighted by Gasteiger charge is -2.15. The van der Waals surface area contributed by atoms with Gasteiger partial charge in [0.1, 0.15) is 6.20 Å². The quantitative estimate of drug-likeness (QED) is 0.318. The zero-order chi connectivity index (χ0) is 16.5. The van der Waals surface area contributed by atoms with E-state index in [9.17, 15) is 19.7 Å². The summed E-state index contributed by atoms with van der Waals surface area (Å²) >= 11 is 1.41. The number of carbonyl (C=O) groups excluding carboxylic acids is 1. The summed E-state index contributed by atoms with van der Waals surface area (Å²) in [6, 6.07) is 2.96. The molecule has 1 aromatic rings. The number of carbonyl (C=O) groups is 2. The minimum Gasteiger partial charge on any atom is -0.481 e. The van der Waals surface area contributed by atoms with Crippen LogP contribution in [0.15, 0.2) is 23.4 Å². The molecule has 8 nitrogen and oxygen atoms in total. The average Bonchev–Trinajstić information content (AvgIpc) is 2.49. The molecule has 0 aliphatic rings. The van der Waals surface area contributed by atoms with Gasteiger partial charge in [0, 0.05) is 26.1 Å². The summed E-state index contributed by atoms with van der Waals surface area (Å²) in [6.07, 6.45) is 2.09. The van der Waals surface area contributed by atoms with E-state index in [1.54, 1.807) is 13.1 Å². The SMILES string of the molecule is CN(CCC(=O)O)C(=O)CCCSc1ccc([N+](=O)[O-])cn1. The van der Waals surface area contributed by atoms with Crippen LogP contribution in [0.25, 0.3) is 0 Å². The molecule has 1 heterocycles. The third-order valence-electron chi connectivity index (χ3n) is 2.80. The van der Waals surface area contributed by atoms with Crippen molar-refractivity contribution in [2.24, 2.45) is 0 Å². The zero-order valence-electron chi connectivity index (χ0n) is 12.1. The van der Waals surface area contributed by atoms with E-state index in [1.165, 1.54) is 28.9 Å². The minimum atomic E-state index is -0.931. The molecule has 0 unspecified atom stereocenters. The normalized spacial score (nSPS) is 10.2. The predicted molar refractivity (Wildman–Crippen MR) is 80.7 cm³/mol. The zero-order valence-corrected chi connectivity index (χ0v) is 12.9. The van der Waals surface area contributed by atoms with Crippen LogP contribution in [0.4, 0.5) is 5.69 Å². The Morgan fingerprint density at radius 1 is 1.41 bits per heavy atom. The number of pyridine rings is 1. The minimum absolute atomic E-state index is 0.0559. The molecule has 1 N–H and O–H groups in total. The van der Waals surface area contributed by atoms with E-state index in [0.29, 0.717) is 23.6 Å². The van der Waals surface area contributed by atoms with E-state index in [0.717, 1.165) is 0 Å². The molecule has 120 valence electrons. The first-order valence-corrected chi connectivity index (χ1v) is 7.57. The van der Waals surface area contributed by atoms with Crippen molar-refractivity contribution in [1.29, 1.82) is 0 Å². The van der Waals surface area contributed by atoms with Gasteiger partial charge >= 0.3 is 5.97 Å². The summed E-state index contributed by atoms with van der Waals surface area (Å²) < 4.78 is 0.